The maximum atomic E-state index is 10.6. The van der Waals surface area contributed by atoms with Crippen LogP contribution in [0.15, 0.2) is 11.6 Å². The summed E-state index contributed by atoms with van der Waals surface area (Å²) in [5, 5.41) is 11.7. The van der Waals surface area contributed by atoms with Gasteiger partial charge < -0.3 is 10.0 Å². The summed E-state index contributed by atoms with van der Waals surface area (Å²) in [6, 6.07) is 0.357. The number of aliphatic carboxylic acids is 1. The average molecular weight is 240 g/mol. The molecule has 0 bridgehead atoms. The third kappa shape index (κ3) is 2.72. The fourth-order valence-electron chi connectivity index (χ4n) is 2.20. The Morgan fingerprint density at radius 1 is 1.62 bits per heavy atom. The molecule has 1 N–H and O–H groups in total. The largest absolute Gasteiger partial charge is 0.481 e. The zero-order valence-corrected chi connectivity index (χ0v) is 9.95. The van der Waals surface area contributed by atoms with Crippen LogP contribution in [0.1, 0.15) is 32.1 Å². The van der Waals surface area contributed by atoms with Crippen molar-refractivity contribution < 1.29 is 9.90 Å². The molecule has 0 saturated carbocycles. The van der Waals surface area contributed by atoms with Gasteiger partial charge >= 0.3 is 5.97 Å². The molecule has 1 saturated heterocycles. The molecule has 2 heterocycles. The van der Waals surface area contributed by atoms with Gasteiger partial charge in [0.25, 0.3) is 0 Å². The van der Waals surface area contributed by atoms with Crippen LogP contribution in [0.5, 0.6) is 0 Å². The van der Waals surface area contributed by atoms with Crippen LogP contribution in [0.4, 0.5) is 5.13 Å². The van der Waals surface area contributed by atoms with Gasteiger partial charge in [-0.3, -0.25) is 4.79 Å². The first-order chi connectivity index (χ1) is 7.77. The number of carboxylic acids is 1. The third-order valence-corrected chi connectivity index (χ3v) is 3.79. The summed E-state index contributed by atoms with van der Waals surface area (Å²) in [5.74, 6) is -0.704. The minimum Gasteiger partial charge on any atom is -0.481 e. The first kappa shape index (κ1) is 11.4. The number of hydrogen-bond donors (Lipinski definition) is 1. The topological polar surface area (TPSA) is 53.4 Å². The van der Waals surface area contributed by atoms with Crippen LogP contribution in [0.2, 0.25) is 0 Å². The number of aromatic nitrogens is 1. The lowest BCUT2D eigenvalue weighted by molar-refractivity contribution is -0.137. The molecule has 1 unspecified atom stereocenters. The fraction of sp³-hybridized carbons (Fsp3) is 0.636. The molecule has 1 fully saturated rings. The first-order valence-corrected chi connectivity index (χ1v) is 6.53. The van der Waals surface area contributed by atoms with Crippen molar-refractivity contribution in [2.24, 2.45) is 0 Å². The molecule has 2 rings (SSSR count). The summed E-state index contributed by atoms with van der Waals surface area (Å²) >= 11 is 1.63. The highest BCUT2D eigenvalue weighted by Gasteiger charge is 2.24. The number of carboxylic acid groups (broad SMARTS) is 1. The molecule has 88 valence electrons. The van der Waals surface area contributed by atoms with E-state index >= 15 is 0 Å². The Bertz CT molecular complexity index is 340. The van der Waals surface area contributed by atoms with Crippen LogP contribution in [0.25, 0.3) is 0 Å². The van der Waals surface area contributed by atoms with E-state index in [0.717, 1.165) is 24.5 Å². The van der Waals surface area contributed by atoms with E-state index in [1.807, 2.05) is 11.6 Å². The molecule has 1 aromatic rings. The van der Waals surface area contributed by atoms with Crippen molar-refractivity contribution in [3.63, 3.8) is 0 Å². The highest BCUT2D eigenvalue weighted by Crippen LogP contribution is 2.28. The Kier molecular flexibility index (Phi) is 3.77. The summed E-state index contributed by atoms with van der Waals surface area (Å²) in [6.45, 7) is 1.01. The normalized spacial score (nSPS) is 21.0. The van der Waals surface area contributed by atoms with E-state index in [4.69, 9.17) is 5.11 Å². The van der Waals surface area contributed by atoms with Crippen molar-refractivity contribution in [2.75, 3.05) is 11.4 Å². The molecule has 1 aliphatic heterocycles. The lowest BCUT2D eigenvalue weighted by Crippen LogP contribution is -2.39. The van der Waals surface area contributed by atoms with E-state index in [2.05, 4.69) is 9.88 Å². The number of rotatable bonds is 4. The number of anilines is 1. The molecule has 1 atom stereocenters. The zero-order chi connectivity index (χ0) is 11.4. The maximum Gasteiger partial charge on any atom is 0.303 e. The summed E-state index contributed by atoms with van der Waals surface area (Å²) in [4.78, 5) is 17.2. The molecular formula is C11H16N2O2S. The highest BCUT2D eigenvalue weighted by atomic mass is 32.1. The fourth-order valence-corrected chi connectivity index (χ4v) is 2.94. The standard InChI is InChI=1S/C11H16N2O2S/c14-10(15)5-4-9-3-1-2-7-13(9)11-12-6-8-16-11/h6,8-9H,1-5,7H2,(H,14,15). The van der Waals surface area contributed by atoms with Crippen LogP contribution in [-0.2, 0) is 4.79 Å². The molecule has 1 aliphatic rings. The zero-order valence-electron chi connectivity index (χ0n) is 9.13. The van der Waals surface area contributed by atoms with Crippen LogP contribution in [0.3, 0.4) is 0 Å². The monoisotopic (exact) mass is 240 g/mol. The minimum atomic E-state index is -0.704. The predicted molar refractivity (Wildman–Crippen MR) is 64.0 cm³/mol. The first-order valence-electron chi connectivity index (χ1n) is 5.65. The van der Waals surface area contributed by atoms with E-state index in [9.17, 15) is 4.79 Å². The molecule has 1 aromatic heterocycles. The summed E-state index contributed by atoms with van der Waals surface area (Å²) in [6.07, 6.45) is 6.27. The molecule has 0 radical (unpaired) electrons. The van der Waals surface area contributed by atoms with E-state index in [1.54, 1.807) is 11.3 Å². The van der Waals surface area contributed by atoms with Crippen LogP contribution < -0.4 is 4.90 Å². The van der Waals surface area contributed by atoms with Gasteiger partial charge in [-0.05, 0) is 25.7 Å². The number of hydrogen-bond acceptors (Lipinski definition) is 4. The van der Waals surface area contributed by atoms with Gasteiger partial charge in [-0.15, -0.1) is 11.3 Å². The van der Waals surface area contributed by atoms with Crippen LogP contribution in [0, 0.1) is 0 Å². The Labute approximate surface area is 98.9 Å². The quantitative estimate of drug-likeness (QED) is 0.877. The van der Waals surface area contributed by atoms with Crippen molar-refractivity contribution in [1.82, 2.24) is 4.98 Å². The predicted octanol–water partition coefficient (Wildman–Crippen LogP) is 2.37. The molecule has 0 aliphatic carbocycles. The Balaban J connectivity index is 2.00. The van der Waals surface area contributed by atoms with Gasteiger partial charge in [-0.1, -0.05) is 0 Å². The van der Waals surface area contributed by atoms with Crippen LogP contribution in [-0.4, -0.2) is 28.6 Å². The molecular weight excluding hydrogens is 224 g/mol. The molecule has 16 heavy (non-hydrogen) atoms. The molecule has 0 spiro atoms. The summed E-state index contributed by atoms with van der Waals surface area (Å²) in [5.41, 5.74) is 0. The smallest absolute Gasteiger partial charge is 0.303 e. The van der Waals surface area contributed by atoms with Crippen molar-refractivity contribution in [3.8, 4) is 0 Å². The van der Waals surface area contributed by atoms with Gasteiger partial charge in [-0.2, -0.15) is 0 Å². The number of piperidine rings is 1. The minimum absolute atomic E-state index is 0.256. The Hall–Kier alpha value is -1.10. The van der Waals surface area contributed by atoms with E-state index in [1.165, 1.54) is 12.8 Å². The van der Waals surface area contributed by atoms with Gasteiger partial charge in [0.05, 0.1) is 0 Å². The van der Waals surface area contributed by atoms with E-state index < -0.39 is 5.97 Å². The van der Waals surface area contributed by atoms with Crippen molar-refractivity contribution >= 4 is 22.4 Å². The van der Waals surface area contributed by atoms with Gasteiger partial charge in [0.2, 0.25) is 0 Å². The second kappa shape index (κ2) is 5.30. The molecule has 4 nitrogen and oxygen atoms in total. The second-order valence-electron chi connectivity index (χ2n) is 4.09. The molecule has 5 heteroatoms. The lowest BCUT2D eigenvalue weighted by atomic mass is 9.98. The second-order valence-corrected chi connectivity index (χ2v) is 4.96. The van der Waals surface area contributed by atoms with E-state index in [0.29, 0.717) is 6.04 Å². The average Bonchev–Trinajstić information content (AvgIpc) is 2.80. The molecule has 0 aromatic carbocycles. The summed E-state index contributed by atoms with van der Waals surface area (Å²) < 4.78 is 0. The molecule has 0 amide bonds. The van der Waals surface area contributed by atoms with E-state index in [-0.39, 0.29) is 6.42 Å². The van der Waals surface area contributed by atoms with Crippen LogP contribution >= 0.6 is 11.3 Å². The number of carbonyl (C=O) groups is 1. The van der Waals surface area contributed by atoms with Crippen molar-refractivity contribution in [1.29, 1.82) is 0 Å². The number of thiazole rings is 1. The Morgan fingerprint density at radius 3 is 3.19 bits per heavy atom. The number of nitrogens with zero attached hydrogens (tertiary/aromatic N) is 2. The highest BCUT2D eigenvalue weighted by molar-refractivity contribution is 7.13. The van der Waals surface area contributed by atoms with Gasteiger partial charge in [0.1, 0.15) is 0 Å². The third-order valence-electron chi connectivity index (χ3n) is 2.98. The summed E-state index contributed by atoms with van der Waals surface area (Å²) in [7, 11) is 0. The lowest BCUT2D eigenvalue weighted by Gasteiger charge is -2.35. The van der Waals surface area contributed by atoms with Gasteiger partial charge in [0, 0.05) is 30.6 Å². The SMILES string of the molecule is O=C(O)CCC1CCCCN1c1nccs1. The van der Waals surface area contributed by atoms with Crippen molar-refractivity contribution in [2.45, 2.75) is 38.1 Å². The maximum absolute atomic E-state index is 10.6. The Morgan fingerprint density at radius 2 is 2.50 bits per heavy atom. The van der Waals surface area contributed by atoms with Gasteiger partial charge in [-0.25, -0.2) is 4.98 Å². The van der Waals surface area contributed by atoms with Gasteiger partial charge in [0.15, 0.2) is 5.13 Å². The van der Waals surface area contributed by atoms with Crippen molar-refractivity contribution in [3.05, 3.63) is 11.6 Å².